The maximum atomic E-state index is 4.77. The molecule has 0 N–H and O–H groups in total. The zero-order valence-electron chi connectivity index (χ0n) is 12.5. The Morgan fingerprint density at radius 2 is 1.35 bits per heavy atom. The molecule has 110 valence electrons. The van der Waals surface area contributed by atoms with Gasteiger partial charge in [-0.3, -0.25) is 0 Å². The van der Waals surface area contributed by atoms with Crippen LogP contribution in [0, 0.1) is 0 Å². The lowest BCUT2D eigenvalue weighted by molar-refractivity contribution is 0.309. The average Bonchev–Trinajstić information content (AvgIpc) is 2.49. The van der Waals surface area contributed by atoms with Crippen LogP contribution in [-0.4, -0.2) is 86.2 Å². The van der Waals surface area contributed by atoms with E-state index >= 15 is 0 Å². The molecule has 1 aromatic heterocycles. The summed E-state index contributed by atoms with van der Waals surface area (Å²) >= 11 is 0. The molecule has 1 aromatic rings. The van der Waals surface area contributed by atoms with Crippen LogP contribution in [0.1, 0.15) is 0 Å². The SMILES string of the molecule is CN1CCN(c2ccnc(N3CCN(C)CC3)n2)CC1. The lowest BCUT2D eigenvalue weighted by atomic mass is 10.3. The first kappa shape index (κ1) is 13.6. The van der Waals surface area contributed by atoms with Crippen molar-refractivity contribution in [2.45, 2.75) is 0 Å². The van der Waals surface area contributed by atoms with Crippen molar-refractivity contribution in [3.05, 3.63) is 12.3 Å². The molecule has 6 heteroatoms. The maximum Gasteiger partial charge on any atom is 0.227 e. The highest BCUT2D eigenvalue weighted by Crippen LogP contribution is 2.17. The van der Waals surface area contributed by atoms with Gasteiger partial charge in [-0.15, -0.1) is 0 Å². The number of rotatable bonds is 2. The Bertz CT molecular complexity index is 398. The number of piperazine rings is 2. The summed E-state index contributed by atoms with van der Waals surface area (Å²) < 4.78 is 0. The summed E-state index contributed by atoms with van der Waals surface area (Å²) in [7, 11) is 4.34. The summed E-state index contributed by atoms with van der Waals surface area (Å²) in [5.41, 5.74) is 0. The predicted octanol–water partition coefficient (Wildman–Crippen LogP) is -0.0198. The molecular formula is C14H24N6. The van der Waals surface area contributed by atoms with Crippen LogP contribution in [0.5, 0.6) is 0 Å². The van der Waals surface area contributed by atoms with Gasteiger partial charge in [0.25, 0.3) is 0 Å². The van der Waals surface area contributed by atoms with Crippen LogP contribution in [0.3, 0.4) is 0 Å². The number of anilines is 2. The minimum absolute atomic E-state index is 0.884. The third-order valence-corrected chi connectivity index (χ3v) is 4.24. The van der Waals surface area contributed by atoms with Gasteiger partial charge in [-0.05, 0) is 20.2 Å². The van der Waals surface area contributed by atoms with Crippen molar-refractivity contribution in [1.29, 1.82) is 0 Å². The van der Waals surface area contributed by atoms with E-state index in [0.29, 0.717) is 0 Å². The predicted molar refractivity (Wildman–Crippen MR) is 81.5 cm³/mol. The molecule has 0 amide bonds. The smallest absolute Gasteiger partial charge is 0.227 e. The van der Waals surface area contributed by atoms with E-state index in [4.69, 9.17) is 4.98 Å². The van der Waals surface area contributed by atoms with E-state index in [-0.39, 0.29) is 0 Å². The van der Waals surface area contributed by atoms with Gasteiger partial charge in [0.2, 0.25) is 5.95 Å². The summed E-state index contributed by atoms with van der Waals surface area (Å²) in [5, 5.41) is 0. The highest BCUT2D eigenvalue weighted by atomic mass is 15.3. The van der Waals surface area contributed by atoms with E-state index in [1.807, 2.05) is 12.3 Å². The second-order valence-corrected chi connectivity index (χ2v) is 5.80. The highest BCUT2D eigenvalue weighted by Gasteiger charge is 2.19. The lowest BCUT2D eigenvalue weighted by Crippen LogP contribution is -2.46. The number of nitrogens with zero attached hydrogens (tertiary/aromatic N) is 6. The van der Waals surface area contributed by atoms with Gasteiger partial charge in [-0.2, -0.15) is 4.98 Å². The van der Waals surface area contributed by atoms with Crippen molar-refractivity contribution in [2.75, 3.05) is 76.3 Å². The molecule has 0 unspecified atom stereocenters. The van der Waals surface area contributed by atoms with Crippen LogP contribution in [0.4, 0.5) is 11.8 Å². The maximum absolute atomic E-state index is 4.77. The molecule has 0 aromatic carbocycles. The second-order valence-electron chi connectivity index (χ2n) is 5.80. The Balaban J connectivity index is 1.69. The van der Waals surface area contributed by atoms with Crippen LogP contribution >= 0.6 is 0 Å². The number of hydrogen-bond acceptors (Lipinski definition) is 6. The molecule has 0 aliphatic carbocycles. The molecule has 0 saturated carbocycles. The zero-order valence-corrected chi connectivity index (χ0v) is 12.5. The fraction of sp³-hybridized carbons (Fsp3) is 0.714. The first-order valence-electron chi connectivity index (χ1n) is 7.42. The minimum atomic E-state index is 0.884. The standard InChI is InChI=1S/C14H24N6/c1-17-5-9-19(10-6-17)13-3-4-15-14(16-13)20-11-7-18(2)8-12-20/h3-4H,5-12H2,1-2H3. The molecule has 0 radical (unpaired) electrons. The van der Waals surface area contributed by atoms with Crippen LogP contribution in [0.15, 0.2) is 12.3 Å². The molecule has 2 fully saturated rings. The molecule has 2 saturated heterocycles. The molecular weight excluding hydrogens is 252 g/mol. The average molecular weight is 276 g/mol. The van der Waals surface area contributed by atoms with Gasteiger partial charge in [-0.25, -0.2) is 4.98 Å². The topological polar surface area (TPSA) is 38.7 Å². The fourth-order valence-electron chi connectivity index (χ4n) is 2.71. The Kier molecular flexibility index (Phi) is 4.03. The van der Waals surface area contributed by atoms with Gasteiger partial charge < -0.3 is 19.6 Å². The first-order chi connectivity index (χ1) is 9.72. The fourth-order valence-corrected chi connectivity index (χ4v) is 2.71. The van der Waals surface area contributed by atoms with Gasteiger partial charge in [0.1, 0.15) is 5.82 Å². The number of likely N-dealkylation sites (N-methyl/N-ethyl adjacent to an activating group) is 2. The van der Waals surface area contributed by atoms with Crippen LogP contribution in [0.2, 0.25) is 0 Å². The van der Waals surface area contributed by atoms with E-state index in [2.05, 4.69) is 38.7 Å². The molecule has 6 nitrogen and oxygen atoms in total. The summed E-state index contributed by atoms with van der Waals surface area (Å²) in [6, 6.07) is 2.03. The van der Waals surface area contributed by atoms with Gasteiger partial charge in [0.05, 0.1) is 0 Å². The zero-order chi connectivity index (χ0) is 13.9. The van der Waals surface area contributed by atoms with Crippen molar-refractivity contribution >= 4 is 11.8 Å². The summed E-state index contributed by atoms with van der Waals surface area (Å²) in [5.74, 6) is 1.96. The van der Waals surface area contributed by atoms with Crippen molar-refractivity contribution in [1.82, 2.24) is 19.8 Å². The van der Waals surface area contributed by atoms with E-state index < -0.39 is 0 Å². The summed E-state index contributed by atoms with van der Waals surface area (Å²) in [4.78, 5) is 18.6. The van der Waals surface area contributed by atoms with E-state index in [1.54, 1.807) is 0 Å². The van der Waals surface area contributed by atoms with Gasteiger partial charge in [0.15, 0.2) is 0 Å². The molecule has 2 aliphatic heterocycles. The third kappa shape index (κ3) is 3.02. The van der Waals surface area contributed by atoms with Crippen molar-refractivity contribution in [3.63, 3.8) is 0 Å². The van der Waals surface area contributed by atoms with E-state index in [0.717, 1.165) is 64.1 Å². The molecule has 0 bridgehead atoms. The molecule has 20 heavy (non-hydrogen) atoms. The normalized spacial score (nSPS) is 22.3. The Morgan fingerprint density at radius 3 is 1.95 bits per heavy atom. The third-order valence-electron chi connectivity index (χ3n) is 4.24. The number of hydrogen-bond donors (Lipinski definition) is 0. The van der Waals surface area contributed by atoms with Crippen molar-refractivity contribution in [2.24, 2.45) is 0 Å². The minimum Gasteiger partial charge on any atom is -0.354 e. The van der Waals surface area contributed by atoms with E-state index in [9.17, 15) is 0 Å². The van der Waals surface area contributed by atoms with Crippen LogP contribution < -0.4 is 9.80 Å². The Labute approximate surface area is 121 Å². The second kappa shape index (κ2) is 5.93. The van der Waals surface area contributed by atoms with E-state index in [1.165, 1.54) is 0 Å². The van der Waals surface area contributed by atoms with Crippen LogP contribution in [-0.2, 0) is 0 Å². The molecule has 3 rings (SSSR count). The van der Waals surface area contributed by atoms with Gasteiger partial charge >= 0.3 is 0 Å². The molecule has 0 atom stereocenters. The van der Waals surface area contributed by atoms with Gasteiger partial charge in [0, 0.05) is 58.6 Å². The van der Waals surface area contributed by atoms with Gasteiger partial charge in [-0.1, -0.05) is 0 Å². The quantitative estimate of drug-likeness (QED) is 0.756. The molecule has 0 spiro atoms. The number of aromatic nitrogens is 2. The monoisotopic (exact) mass is 276 g/mol. The summed E-state index contributed by atoms with van der Waals surface area (Å²) in [6.45, 7) is 8.52. The Hall–Kier alpha value is -1.40. The summed E-state index contributed by atoms with van der Waals surface area (Å²) in [6.07, 6.45) is 1.90. The van der Waals surface area contributed by atoms with Crippen molar-refractivity contribution in [3.8, 4) is 0 Å². The lowest BCUT2D eigenvalue weighted by Gasteiger charge is -2.35. The largest absolute Gasteiger partial charge is 0.354 e. The highest BCUT2D eigenvalue weighted by molar-refractivity contribution is 5.44. The Morgan fingerprint density at radius 1 is 0.800 bits per heavy atom. The first-order valence-corrected chi connectivity index (χ1v) is 7.42. The van der Waals surface area contributed by atoms with Crippen LogP contribution in [0.25, 0.3) is 0 Å². The molecule has 3 heterocycles. The molecule has 2 aliphatic rings. The van der Waals surface area contributed by atoms with Crippen molar-refractivity contribution < 1.29 is 0 Å².